The predicted octanol–water partition coefficient (Wildman–Crippen LogP) is 4.80. The first-order chi connectivity index (χ1) is 18.4. The van der Waals surface area contributed by atoms with Crippen molar-refractivity contribution in [2.75, 3.05) is 20.1 Å². The van der Waals surface area contributed by atoms with E-state index in [-0.39, 0.29) is 29.1 Å². The summed E-state index contributed by atoms with van der Waals surface area (Å²) in [5.41, 5.74) is 2.17. The first-order valence-corrected chi connectivity index (χ1v) is 14.2. The van der Waals surface area contributed by atoms with Gasteiger partial charge in [-0.3, -0.25) is 0 Å². The van der Waals surface area contributed by atoms with Crippen LogP contribution in [0.1, 0.15) is 29.8 Å². The molecule has 4 aromatic carbocycles. The van der Waals surface area contributed by atoms with E-state index >= 15 is 0 Å². The fourth-order valence-electron chi connectivity index (χ4n) is 4.62. The summed E-state index contributed by atoms with van der Waals surface area (Å²) in [5.74, 6) is -1.05. The number of nitrogens with zero attached hydrogens (tertiary/aromatic N) is 1. The molecule has 0 aromatic heterocycles. The van der Waals surface area contributed by atoms with Crippen molar-refractivity contribution in [1.29, 1.82) is 0 Å². The average Bonchev–Trinajstić information content (AvgIpc) is 2.92. The summed E-state index contributed by atoms with van der Waals surface area (Å²) in [6.07, 6.45) is -0.176. The summed E-state index contributed by atoms with van der Waals surface area (Å²) < 4.78 is 27.7. The number of fused-ring (bicyclic) bond motifs is 1. The zero-order valence-electron chi connectivity index (χ0n) is 22.3. The van der Waals surface area contributed by atoms with Crippen molar-refractivity contribution >= 4 is 26.8 Å². The summed E-state index contributed by atoms with van der Waals surface area (Å²) in [6, 6.07) is 27.3. The maximum atomic E-state index is 13.3. The van der Waals surface area contributed by atoms with Crippen LogP contribution in [0.25, 0.3) is 21.9 Å². The summed E-state index contributed by atoms with van der Waals surface area (Å²) in [4.78, 5) is 11.4. The highest BCUT2D eigenvalue weighted by Crippen LogP contribution is 2.25. The standard InChI is InChI=1S/C31H34N2O5S/c1-31(2,19-22-14-15-23-8-4-5-9-24(23)16-22)32-20-28(34)21-33(3)39(37,38)29-13-7-11-26(18-29)25-10-6-12-27(17-25)30(35)36/h4-18,28,32,34H,19-21H2,1-3H3,(H,35,36)/t28-/m1/s1. The molecule has 8 heteroatoms. The number of carbonyl (C=O) groups is 1. The first-order valence-electron chi connectivity index (χ1n) is 12.8. The lowest BCUT2D eigenvalue weighted by molar-refractivity contribution is 0.0697. The molecular weight excluding hydrogens is 512 g/mol. The number of carboxylic acid groups (broad SMARTS) is 1. The van der Waals surface area contributed by atoms with E-state index < -0.39 is 22.1 Å². The molecule has 0 saturated heterocycles. The van der Waals surface area contributed by atoms with Crippen molar-refractivity contribution in [1.82, 2.24) is 9.62 Å². The molecule has 1 atom stereocenters. The fourth-order valence-corrected chi connectivity index (χ4v) is 5.88. The Labute approximate surface area is 229 Å². The van der Waals surface area contributed by atoms with Gasteiger partial charge in [0.05, 0.1) is 16.6 Å². The van der Waals surface area contributed by atoms with Crippen molar-refractivity contribution in [3.05, 3.63) is 102 Å². The van der Waals surface area contributed by atoms with Crippen molar-refractivity contribution in [3.8, 4) is 11.1 Å². The second kappa shape index (κ2) is 11.7. The molecule has 3 N–H and O–H groups in total. The van der Waals surface area contributed by atoms with Crippen LogP contribution in [0.5, 0.6) is 0 Å². The minimum absolute atomic E-state index is 0.0695. The molecular formula is C31H34N2O5S. The van der Waals surface area contributed by atoms with Crippen LogP contribution >= 0.6 is 0 Å². The van der Waals surface area contributed by atoms with E-state index in [0.29, 0.717) is 11.1 Å². The molecule has 0 fully saturated rings. The lowest BCUT2D eigenvalue weighted by Gasteiger charge is -2.29. The molecule has 204 valence electrons. The molecule has 0 aliphatic carbocycles. The number of rotatable bonds is 11. The second-order valence-corrected chi connectivity index (χ2v) is 12.5. The normalized spacial score (nSPS) is 13.1. The first kappa shape index (κ1) is 28.4. The number of benzene rings is 4. The number of likely N-dealkylation sites (N-methyl/N-ethyl adjacent to an activating group) is 1. The molecule has 4 aromatic rings. The van der Waals surface area contributed by atoms with Crippen molar-refractivity contribution in [2.45, 2.75) is 36.8 Å². The Morgan fingerprint density at radius 3 is 2.28 bits per heavy atom. The van der Waals surface area contributed by atoms with Gasteiger partial charge in [0.15, 0.2) is 0 Å². The highest BCUT2D eigenvalue weighted by molar-refractivity contribution is 7.89. The Bertz CT molecular complexity index is 1580. The Balaban J connectivity index is 1.38. The summed E-state index contributed by atoms with van der Waals surface area (Å²) in [7, 11) is -2.44. The topological polar surface area (TPSA) is 107 Å². The third kappa shape index (κ3) is 7.10. The molecule has 0 saturated carbocycles. The van der Waals surface area contributed by atoms with Gasteiger partial charge < -0.3 is 15.5 Å². The summed E-state index contributed by atoms with van der Waals surface area (Å²) >= 11 is 0. The van der Waals surface area contributed by atoms with Gasteiger partial charge in [-0.25, -0.2) is 13.2 Å². The number of aromatic carboxylic acids is 1. The van der Waals surface area contributed by atoms with Gasteiger partial charge in [-0.05, 0) is 72.0 Å². The Hall–Kier alpha value is -3.56. The summed E-state index contributed by atoms with van der Waals surface area (Å²) in [5, 5.41) is 25.7. The molecule has 39 heavy (non-hydrogen) atoms. The number of aliphatic hydroxyl groups is 1. The van der Waals surface area contributed by atoms with E-state index in [2.05, 4.69) is 49.5 Å². The van der Waals surface area contributed by atoms with Gasteiger partial charge in [0.2, 0.25) is 10.0 Å². The van der Waals surface area contributed by atoms with Crippen LogP contribution in [-0.4, -0.2) is 60.7 Å². The van der Waals surface area contributed by atoms with E-state index in [9.17, 15) is 23.4 Å². The van der Waals surface area contributed by atoms with E-state index in [4.69, 9.17) is 0 Å². The largest absolute Gasteiger partial charge is 0.478 e. The van der Waals surface area contributed by atoms with Crippen LogP contribution in [0, 0.1) is 0 Å². The molecule has 0 amide bonds. The van der Waals surface area contributed by atoms with Gasteiger partial charge in [0.25, 0.3) is 0 Å². The zero-order chi connectivity index (χ0) is 28.2. The second-order valence-electron chi connectivity index (χ2n) is 10.5. The van der Waals surface area contributed by atoms with Gasteiger partial charge in [0.1, 0.15) is 0 Å². The molecule has 0 radical (unpaired) electrons. The highest BCUT2D eigenvalue weighted by Gasteiger charge is 2.25. The van der Waals surface area contributed by atoms with Crippen LogP contribution < -0.4 is 5.32 Å². The van der Waals surface area contributed by atoms with Crippen LogP contribution in [0.2, 0.25) is 0 Å². The number of hydrogen-bond donors (Lipinski definition) is 3. The smallest absolute Gasteiger partial charge is 0.335 e. The quantitative estimate of drug-likeness (QED) is 0.250. The lowest BCUT2D eigenvalue weighted by Crippen LogP contribution is -2.47. The minimum Gasteiger partial charge on any atom is -0.478 e. The maximum Gasteiger partial charge on any atom is 0.335 e. The Morgan fingerprint density at radius 1 is 0.897 bits per heavy atom. The van der Waals surface area contributed by atoms with Crippen molar-refractivity contribution in [3.63, 3.8) is 0 Å². The highest BCUT2D eigenvalue weighted by atomic mass is 32.2. The van der Waals surface area contributed by atoms with Crippen molar-refractivity contribution in [2.24, 2.45) is 0 Å². The zero-order valence-corrected chi connectivity index (χ0v) is 23.2. The van der Waals surface area contributed by atoms with Crippen LogP contribution in [0.4, 0.5) is 0 Å². The van der Waals surface area contributed by atoms with Gasteiger partial charge >= 0.3 is 5.97 Å². The molecule has 0 aliphatic heterocycles. The van der Waals surface area contributed by atoms with E-state index in [1.165, 1.54) is 47.6 Å². The number of β-amino-alcohol motifs (C(OH)–C–C–N with tert-alkyl or cyclic N) is 1. The summed E-state index contributed by atoms with van der Waals surface area (Å²) in [6.45, 7) is 4.25. The number of nitrogens with one attached hydrogen (secondary N) is 1. The molecule has 4 rings (SSSR count). The van der Waals surface area contributed by atoms with Gasteiger partial charge in [0, 0.05) is 25.7 Å². The average molecular weight is 547 g/mol. The SMILES string of the molecule is CN(C[C@H](O)CNC(C)(C)Cc1ccc2ccccc2c1)S(=O)(=O)c1cccc(-c2cccc(C(=O)O)c2)c1. The van der Waals surface area contributed by atoms with Crippen LogP contribution in [-0.2, 0) is 16.4 Å². The van der Waals surface area contributed by atoms with E-state index in [1.807, 2.05) is 12.1 Å². The van der Waals surface area contributed by atoms with Gasteiger partial charge in [-0.1, -0.05) is 66.7 Å². The number of sulfonamides is 1. The maximum absolute atomic E-state index is 13.3. The van der Waals surface area contributed by atoms with Gasteiger partial charge in [-0.15, -0.1) is 0 Å². The van der Waals surface area contributed by atoms with Gasteiger partial charge in [-0.2, -0.15) is 4.31 Å². The number of hydrogen-bond acceptors (Lipinski definition) is 5. The predicted molar refractivity (Wildman–Crippen MR) is 154 cm³/mol. The molecule has 0 heterocycles. The van der Waals surface area contributed by atoms with E-state index in [1.54, 1.807) is 24.3 Å². The Morgan fingerprint density at radius 2 is 1.56 bits per heavy atom. The molecule has 0 unspecified atom stereocenters. The van der Waals surface area contributed by atoms with Crippen LogP contribution in [0.15, 0.2) is 95.9 Å². The molecule has 0 spiro atoms. The number of carboxylic acids is 1. The third-order valence-electron chi connectivity index (χ3n) is 6.73. The van der Waals surface area contributed by atoms with E-state index in [0.717, 1.165) is 10.7 Å². The molecule has 0 aliphatic rings. The Kier molecular flexibility index (Phi) is 8.51. The number of aliphatic hydroxyl groups excluding tert-OH is 1. The fraction of sp³-hybridized carbons (Fsp3) is 0.258. The van der Waals surface area contributed by atoms with Crippen LogP contribution in [0.3, 0.4) is 0 Å². The van der Waals surface area contributed by atoms with Crippen molar-refractivity contribution < 1.29 is 23.4 Å². The lowest BCUT2D eigenvalue weighted by atomic mass is 9.93. The monoisotopic (exact) mass is 546 g/mol. The minimum atomic E-state index is -3.88. The third-order valence-corrected chi connectivity index (χ3v) is 8.55. The molecule has 7 nitrogen and oxygen atoms in total. The molecule has 0 bridgehead atoms.